The lowest BCUT2D eigenvalue weighted by atomic mass is 10.1. The molecule has 0 fully saturated rings. The van der Waals surface area contributed by atoms with Crippen LogP contribution in [0.4, 0.5) is 5.69 Å². The fourth-order valence-electron chi connectivity index (χ4n) is 2.02. The van der Waals surface area contributed by atoms with E-state index < -0.39 is 0 Å². The molecule has 0 aromatic heterocycles. The normalized spacial score (nSPS) is 10.3. The Morgan fingerprint density at radius 3 is 2.50 bits per heavy atom. The first kappa shape index (κ1) is 16.6. The molecule has 0 aliphatic heterocycles. The number of hydrogen-bond acceptors (Lipinski definition) is 2. The number of rotatable bonds is 6. The van der Waals surface area contributed by atoms with E-state index in [-0.39, 0.29) is 5.91 Å². The lowest BCUT2D eigenvalue weighted by Crippen LogP contribution is -2.24. The van der Waals surface area contributed by atoms with Crippen molar-refractivity contribution in [2.24, 2.45) is 0 Å². The number of anilines is 1. The first-order chi connectivity index (χ1) is 10.5. The zero-order chi connectivity index (χ0) is 15.9. The van der Waals surface area contributed by atoms with Gasteiger partial charge >= 0.3 is 0 Å². The summed E-state index contributed by atoms with van der Waals surface area (Å²) in [7, 11) is 0. The van der Waals surface area contributed by atoms with Crippen molar-refractivity contribution in [2.45, 2.75) is 26.8 Å². The molecule has 2 aromatic rings. The maximum absolute atomic E-state index is 11.8. The van der Waals surface area contributed by atoms with Crippen LogP contribution in [0.15, 0.2) is 46.9 Å². The van der Waals surface area contributed by atoms with Crippen molar-refractivity contribution >= 4 is 27.5 Å². The molecule has 0 heterocycles. The summed E-state index contributed by atoms with van der Waals surface area (Å²) in [4.78, 5) is 11.8. The van der Waals surface area contributed by atoms with Crippen molar-refractivity contribution in [3.63, 3.8) is 0 Å². The Balaban J connectivity index is 1.71. The number of benzene rings is 2. The van der Waals surface area contributed by atoms with Gasteiger partial charge in [0.2, 0.25) is 5.91 Å². The molecule has 0 aliphatic carbocycles. The number of aryl methyl sites for hydroxylation is 2. The molecular formula is C18H21BrN2O. The molecule has 0 spiro atoms. The molecule has 0 radical (unpaired) electrons. The van der Waals surface area contributed by atoms with Gasteiger partial charge in [0.1, 0.15) is 0 Å². The lowest BCUT2D eigenvalue weighted by molar-refractivity contribution is -0.121. The molecule has 3 nitrogen and oxygen atoms in total. The molecule has 4 heteroatoms. The van der Waals surface area contributed by atoms with Crippen molar-refractivity contribution in [3.8, 4) is 0 Å². The Morgan fingerprint density at radius 1 is 1.09 bits per heavy atom. The van der Waals surface area contributed by atoms with Crippen LogP contribution in [-0.2, 0) is 11.3 Å². The highest BCUT2D eigenvalue weighted by Crippen LogP contribution is 2.20. The smallest absolute Gasteiger partial charge is 0.222 e. The predicted octanol–water partition coefficient (Wildman–Crippen LogP) is 4.18. The van der Waals surface area contributed by atoms with E-state index in [9.17, 15) is 4.79 Å². The molecule has 0 bridgehead atoms. The van der Waals surface area contributed by atoms with E-state index in [0.717, 1.165) is 15.7 Å². The van der Waals surface area contributed by atoms with Crippen LogP contribution in [0.2, 0.25) is 0 Å². The second-order valence-electron chi connectivity index (χ2n) is 5.40. The summed E-state index contributed by atoms with van der Waals surface area (Å²) < 4.78 is 1.07. The highest BCUT2D eigenvalue weighted by molar-refractivity contribution is 9.10. The summed E-state index contributed by atoms with van der Waals surface area (Å²) in [6, 6.07) is 14.3. The maximum atomic E-state index is 11.8. The molecule has 0 unspecified atom stereocenters. The number of nitrogens with one attached hydrogen (secondary N) is 2. The zero-order valence-corrected chi connectivity index (χ0v) is 14.5. The van der Waals surface area contributed by atoms with Crippen LogP contribution in [0.5, 0.6) is 0 Å². The van der Waals surface area contributed by atoms with Crippen LogP contribution >= 0.6 is 15.9 Å². The van der Waals surface area contributed by atoms with Crippen molar-refractivity contribution < 1.29 is 4.79 Å². The maximum Gasteiger partial charge on any atom is 0.222 e. The number of carbonyl (C=O) groups excluding carboxylic acids is 1. The van der Waals surface area contributed by atoms with Gasteiger partial charge in [-0.15, -0.1) is 0 Å². The van der Waals surface area contributed by atoms with Gasteiger partial charge in [0, 0.05) is 29.7 Å². The van der Waals surface area contributed by atoms with Crippen LogP contribution in [0, 0.1) is 13.8 Å². The summed E-state index contributed by atoms with van der Waals surface area (Å²) >= 11 is 3.50. The van der Waals surface area contributed by atoms with E-state index >= 15 is 0 Å². The average molecular weight is 361 g/mol. The molecule has 2 aromatic carbocycles. The van der Waals surface area contributed by atoms with Gasteiger partial charge in [0.25, 0.3) is 0 Å². The second kappa shape index (κ2) is 7.99. The van der Waals surface area contributed by atoms with Gasteiger partial charge < -0.3 is 10.6 Å². The third-order valence-electron chi connectivity index (χ3n) is 3.46. The van der Waals surface area contributed by atoms with Crippen molar-refractivity contribution in [1.29, 1.82) is 0 Å². The molecule has 116 valence electrons. The van der Waals surface area contributed by atoms with E-state index in [4.69, 9.17) is 0 Å². The zero-order valence-electron chi connectivity index (χ0n) is 12.9. The van der Waals surface area contributed by atoms with E-state index in [0.29, 0.717) is 19.5 Å². The molecule has 2 N–H and O–H groups in total. The Morgan fingerprint density at radius 2 is 1.82 bits per heavy atom. The van der Waals surface area contributed by atoms with Gasteiger partial charge in [-0.3, -0.25) is 4.79 Å². The average Bonchev–Trinajstić information content (AvgIpc) is 2.50. The standard InChI is InChI=1S/C18H21BrN2O/c1-13-3-6-15(7-4-13)12-21-18(22)9-10-20-16-8-5-14(2)17(19)11-16/h3-8,11,20H,9-10,12H2,1-2H3,(H,21,22). The van der Waals surface area contributed by atoms with Gasteiger partial charge in [-0.25, -0.2) is 0 Å². The fraction of sp³-hybridized carbons (Fsp3) is 0.278. The minimum Gasteiger partial charge on any atom is -0.384 e. The Bertz CT molecular complexity index is 638. The summed E-state index contributed by atoms with van der Waals surface area (Å²) in [6.45, 7) is 5.30. The van der Waals surface area contributed by atoms with E-state index in [1.54, 1.807) is 0 Å². The van der Waals surface area contributed by atoms with Crippen LogP contribution in [0.25, 0.3) is 0 Å². The number of carbonyl (C=O) groups is 1. The van der Waals surface area contributed by atoms with Crippen molar-refractivity contribution in [3.05, 3.63) is 63.6 Å². The van der Waals surface area contributed by atoms with E-state index in [1.807, 2.05) is 37.3 Å². The molecule has 0 atom stereocenters. The molecule has 0 aliphatic rings. The number of hydrogen-bond donors (Lipinski definition) is 2. The predicted molar refractivity (Wildman–Crippen MR) is 95.0 cm³/mol. The topological polar surface area (TPSA) is 41.1 Å². The van der Waals surface area contributed by atoms with Crippen LogP contribution in [0.3, 0.4) is 0 Å². The van der Waals surface area contributed by atoms with Crippen LogP contribution < -0.4 is 10.6 Å². The van der Waals surface area contributed by atoms with Crippen LogP contribution in [0.1, 0.15) is 23.1 Å². The Labute approximate surface area is 140 Å². The molecule has 22 heavy (non-hydrogen) atoms. The summed E-state index contributed by atoms with van der Waals surface area (Å²) in [5, 5.41) is 6.20. The molecule has 1 amide bonds. The van der Waals surface area contributed by atoms with Gasteiger partial charge in [0.05, 0.1) is 0 Å². The quantitative estimate of drug-likeness (QED) is 0.810. The van der Waals surface area contributed by atoms with E-state index in [1.165, 1.54) is 11.1 Å². The van der Waals surface area contributed by atoms with Gasteiger partial charge in [-0.2, -0.15) is 0 Å². The SMILES string of the molecule is Cc1ccc(CNC(=O)CCNc2ccc(C)c(Br)c2)cc1. The summed E-state index contributed by atoms with van der Waals surface area (Å²) in [5.41, 5.74) is 4.56. The second-order valence-corrected chi connectivity index (χ2v) is 6.26. The fourth-order valence-corrected chi connectivity index (χ4v) is 2.40. The van der Waals surface area contributed by atoms with Gasteiger partial charge in [-0.05, 0) is 37.1 Å². The first-order valence-electron chi connectivity index (χ1n) is 7.37. The van der Waals surface area contributed by atoms with E-state index in [2.05, 4.69) is 45.6 Å². The largest absolute Gasteiger partial charge is 0.384 e. The van der Waals surface area contributed by atoms with Crippen molar-refractivity contribution in [1.82, 2.24) is 5.32 Å². The third-order valence-corrected chi connectivity index (χ3v) is 4.32. The Hall–Kier alpha value is -1.81. The Kier molecular flexibility index (Phi) is 6.01. The van der Waals surface area contributed by atoms with Gasteiger partial charge in [-0.1, -0.05) is 51.8 Å². The van der Waals surface area contributed by atoms with Gasteiger partial charge in [0.15, 0.2) is 0 Å². The summed E-state index contributed by atoms with van der Waals surface area (Å²) in [5.74, 6) is 0.0549. The summed E-state index contributed by atoms with van der Waals surface area (Å²) in [6.07, 6.45) is 0.456. The minimum absolute atomic E-state index is 0.0549. The highest BCUT2D eigenvalue weighted by atomic mass is 79.9. The highest BCUT2D eigenvalue weighted by Gasteiger charge is 2.02. The minimum atomic E-state index is 0.0549. The molecular weight excluding hydrogens is 340 g/mol. The molecule has 0 saturated carbocycles. The van der Waals surface area contributed by atoms with Crippen LogP contribution in [-0.4, -0.2) is 12.5 Å². The lowest BCUT2D eigenvalue weighted by Gasteiger charge is -2.09. The van der Waals surface area contributed by atoms with Crippen molar-refractivity contribution in [2.75, 3.05) is 11.9 Å². The first-order valence-corrected chi connectivity index (χ1v) is 8.16. The number of amides is 1. The molecule has 0 saturated heterocycles. The number of halogens is 1. The molecule has 2 rings (SSSR count). The third kappa shape index (κ3) is 5.19. The monoisotopic (exact) mass is 360 g/mol.